The van der Waals surface area contributed by atoms with Gasteiger partial charge in [-0.25, -0.2) is 0 Å². The number of nitrogens with zero attached hydrogens (tertiary/aromatic N) is 1. The maximum atomic E-state index is 13.7. The lowest BCUT2D eigenvalue weighted by Crippen LogP contribution is -2.65. The van der Waals surface area contributed by atoms with Crippen LogP contribution in [-0.4, -0.2) is 68.4 Å². The molecule has 4 rings (SSSR count). The highest BCUT2D eigenvalue weighted by atomic mass is 35.5. The molecule has 3 aliphatic carbocycles. The number of benzene rings is 1. The largest absolute Gasteiger partial charge is 0.508 e. The first-order chi connectivity index (χ1) is 14.8. The number of fused-ring (bicyclic) bond motifs is 3. The molecule has 0 aliphatic heterocycles. The van der Waals surface area contributed by atoms with E-state index in [9.17, 15) is 34.8 Å². The number of rotatable bonds is 2. The highest BCUT2D eigenvalue weighted by Gasteiger charge is 2.64. The van der Waals surface area contributed by atoms with Crippen molar-refractivity contribution in [2.45, 2.75) is 37.8 Å². The van der Waals surface area contributed by atoms with Crippen molar-refractivity contribution >= 4 is 34.7 Å². The number of aliphatic hydroxyl groups excluding tert-OH is 2. The molecule has 1 aromatic carbocycles. The van der Waals surface area contributed by atoms with Gasteiger partial charge < -0.3 is 20.4 Å². The van der Waals surface area contributed by atoms with Crippen molar-refractivity contribution in [2.75, 3.05) is 14.1 Å². The number of phenolic OH excluding ortho intramolecular Hbond substituents is 1. The van der Waals surface area contributed by atoms with E-state index in [0.717, 1.165) is 6.92 Å². The number of hydrogen-bond donors (Lipinski definition) is 4. The van der Waals surface area contributed by atoms with Crippen LogP contribution >= 0.6 is 11.6 Å². The van der Waals surface area contributed by atoms with E-state index in [4.69, 9.17) is 11.6 Å². The Balaban J connectivity index is 2.03. The van der Waals surface area contributed by atoms with Crippen LogP contribution in [0.5, 0.6) is 5.75 Å². The van der Waals surface area contributed by atoms with Gasteiger partial charge in [-0.1, -0.05) is 18.5 Å². The minimum absolute atomic E-state index is 0.00189. The van der Waals surface area contributed by atoms with Gasteiger partial charge in [0, 0.05) is 16.5 Å². The van der Waals surface area contributed by atoms with E-state index in [1.54, 1.807) is 21.0 Å². The summed E-state index contributed by atoms with van der Waals surface area (Å²) in [5.41, 5.74) is -2.90. The van der Waals surface area contributed by atoms with Crippen molar-refractivity contribution in [1.82, 2.24) is 4.90 Å². The highest BCUT2D eigenvalue weighted by molar-refractivity contribution is 6.32. The second-order valence-corrected chi connectivity index (χ2v) is 9.41. The zero-order valence-corrected chi connectivity index (χ0v) is 18.8. The molecule has 8 nitrogen and oxygen atoms in total. The van der Waals surface area contributed by atoms with E-state index in [-0.39, 0.29) is 23.3 Å². The Bertz CT molecular complexity index is 1150. The molecule has 0 saturated heterocycles. The molecule has 0 aromatic heterocycles. The molecule has 9 heteroatoms. The zero-order chi connectivity index (χ0) is 23.9. The highest BCUT2D eigenvalue weighted by Crippen LogP contribution is 2.56. The summed E-state index contributed by atoms with van der Waals surface area (Å²) < 4.78 is 0. The molecule has 4 N–H and O–H groups in total. The van der Waals surface area contributed by atoms with Crippen molar-refractivity contribution < 1.29 is 34.8 Å². The van der Waals surface area contributed by atoms with Crippen LogP contribution in [0.15, 0.2) is 29.0 Å². The fourth-order valence-corrected chi connectivity index (χ4v) is 6.00. The molecule has 0 radical (unpaired) electrons. The van der Waals surface area contributed by atoms with Crippen molar-refractivity contribution in [3.8, 4) is 5.75 Å². The number of hydrogen-bond acceptors (Lipinski definition) is 8. The number of halogens is 1. The standard InChI is InChI=1S/C23H24ClNO7/c1-8-10-7-11-18(25(3)4)20(29)15(9(2)26)21(30)23(11,32)22(31)16(10)19(28)17-13(27)6-5-12(24)14(8)17/h5-6,8,10-11,18,27-28,30,32H,7H2,1-4H3/t8-,10+,11-,18-,23+/m0/s1. The van der Waals surface area contributed by atoms with Gasteiger partial charge in [0.05, 0.1) is 11.6 Å². The van der Waals surface area contributed by atoms with E-state index >= 15 is 0 Å². The fraction of sp³-hybridized carbons (Fsp3) is 0.435. The molecule has 32 heavy (non-hydrogen) atoms. The van der Waals surface area contributed by atoms with Crippen LogP contribution in [0.1, 0.15) is 37.3 Å². The quantitative estimate of drug-likeness (QED) is 0.492. The lowest BCUT2D eigenvalue weighted by Gasteiger charge is -2.51. The third-order valence-corrected chi connectivity index (χ3v) is 7.46. The number of carbonyl (C=O) groups excluding carboxylic acids is 3. The minimum Gasteiger partial charge on any atom is -0.508 e. The summed E-state index contributed by atoms with van der Waals surface area (Å²) in [5, 5.41) is 44.1. The van der Waals surface area contributed by atoms with Gasteiger partial charge in [0.25, 0.3) is 0 Å². The molecular weight excluding hydrogens is 438 g/mol. The smallest absolute Gasteiger partial charge is 0.202 e. The Morgan fingerprint density at radius 3 is 2.38 bits per heavy atom. The molecule has 170 valence electrons. The topological polar surface area (TPSA) is 135 Å². The minimum atomic E-state index is -2.57. The lowest BCUT2D eigenvalue weighted by atomic mass is 9.55. The second kappa shape index (κ2) is 7.16. The Morgan fingerprint density at radius 2 is 1.81 bits per heavy atom. The first-order valence-electron chi connectivity index (χ1n) is 10.2. The van der Waals surface area contributed by atoms with Crippen LogP contribution in [0.3, 0.4) is 0 Å². The van der Waals surface area contributed by atoms with Gasteiger partial charge in [-0.3, -0.25) is 19.3 Å². The zero-order valence-electron chi connectivity index (χ0n) is 18.0. The average Bonchev–Trinajstić information content (AvgIpc) is 2.69. The predicted molar refractivity (Wildman–Crippen MR) is 115 cm³/mol. The normalized spacial score (nSPS) is 32.1. The van der Waals surface area contributed by atoms with Gasteiger partial charge in [0.15, 0.2) is 17.2 Å². The number of aromatic hydroxyl groups is 1. The fourth-order valence-electron chi connectivity index (χ4n) is 5.67. The van der Waals surface area contributed by atoms with Crippen LogP contribution < -0.4 is 0 Å². The molecule has 1 saturated carbocycles. The second-order valence-electron chi connectivity index (χ2n) is 9.00. The summed E-state index contributed by atoms with van der Waals surface area (Å²) in [6.07, 6.45) is 0.0536. The number of ketones is 3. The average molecular weight is 462 g/mol. The first kappa shape index (κ1) is 22.5. The van der Waals surface area contributed by atoms with Gasteiger partial charge in [0.2, 0.25) is 5.78 Å². The van der Waals surface area contributed by atoms with Gasteiger partial charge in [-0.2, -0.15) is 0 Å². The van der Waals surface area contributed by atoms with Crippen molar-refractivity contribution in [2.24, 2.45) is 11.8 Å². The van der Waals surface area contributed by atoms with Crippen molar-refractivity contribution in [3.05, 3.63) is 45.2 Å². The molecule has 5 atom stereocenters. The van der Waals surface area contributed by atoms with E-state index in [2.05, 4.69) is 0 Å². The van der Waals surface area contributed by atoms with Crippen LogP contribution in [0.4, 0.5) is 0 Å². The van der Waals surface area contributed by atoms with Gasteiger partial charge >= 0.3 is 0 Å². The molecule has 0 heterocycles. The summed E-state index contributed by atoms with van der Waals surface area (Å²) in [6, 6.07) is 1.74. The SMILES string of the molecule is CC(=O)C1=C(O)[C@@]2(O)C(=O)C3=C(O)c4c(O)ccc(Cl)c4[C@@H](C)[C@H]3C[C@H]2[C@H](N(C)C)C1=O. The summed E-state index contributed by atoms with van der Waals surface area (Å²) in [4.78, 5) is 40.5. The molecular formula is C23H24ClNO7. The van der Waals surface area contributed by atoms with E-state index in [0.29, 0.717) is 10.6 Å². The molecule has 1 aromatic rings. The van der Waals surface area contributed by atoms with E-state index in [1.807, 2.05) is 0 Å². The number of carbonyl (C=O) groups is 3. The Labute approximate surface area is 189 Å². The molecule has 0 bridgehead atoms. The first-order valence-corrected chi connectivity index (χ1v) is 10.6. The summed E-state index contributed by atoms with van der Waals surface area (Å²) in [5.74, 6) is -6.39. The summed E-state index contributed by atoms with van der Waals surface area (Å²) >= 11 is 6.36. The number of aliphatic hydroxyl groups is 3. The monoisotopic (exact) mass is 461 g/mol. The lowest BCUT2D eigenvalue weighted by molar-refractivity contribution is -0.154. The molecule has 3 aliphatic rings. The van der Waals surface area contributed by atoms with Crippen molar-refractivity contribution in [3.63, 3.8) is 0 Å². The van der Waals surface area contributed by atoms with Crippen molar-refractivity contribution in [1.29, 1.82) is 0 Å². The molecule has 0 amide bonds. The third-order valence-electron chi connectivity index (χ3n) is 7.13. The summed E-state index contributed by atoms with van der Waals surface area (Å²) in [7, 11) is 3.18. The maximum Gasteiger partial charge on any atom is 0.202 e. The van der Waals surface area contributed by atoms with Crippen LogP contribution in [-0.2, 0) is 14.4 Å². The third kappa shape index (κ3) is 2.66. The Kier molecular flexibility index (Phi) is 5.04. The van der Waals surface area contributed by atoms with Crippen LogP contribution in [0, 0.1) is 11.8 Å². The molecule has 0 unspecified atom stereocenters. The van der Waals surface area contributed by atoms with Gasteiger partial charge in [0.1, 0.15) is 22.8 Å². The van der Waals surface area contributed by atoms with Gasteiger partial charge in [-0.15, -0.1) is 0 Å². The number of likely N-dealkylation sites (N-methyl/N-ethyl adjacent to an activating group) is 1. The predicted octanol–water partition coefficient (Wildman–Crippen LogP) is 2.28. The van der Waals surface area contributed by atoms with Crippen LogP contribution in [0.2, 0.25) is 5.02 Å². The van der Waals surface area contributed by atoms with E-state index in [1.165, 1.54) is 17.0 Å². The Morgan fingerprint density at radius 1 is 1.19 bits per heavy atom. The van der Waals surface area contributed by atoms with E-state index < -0.39 is 63.8 Å². The van der Waals surface area contributed by atoms with Crippen LogP contribution in [0.25, 0.3) is 5.76 Å². The Hall–Kier alpha value is -2.68. The summed E-state index contributed by atoms with van der Waals surface area (Å²) in [6.45, 7) is 2.86. The maximum absolute atomic E-state index is 13.7. The number of Topliss-reactive ketones (excluding diaryl/α,β-unsaturated/α-hetero) is 3. The molecule has 1 fully saturated rings. The molecule has 0 spiro atoms. The van der Waals surface area contributed by atoms with Gasteiger partial charge in [-0.05, 0) is 57.0 Å². The number of phenols is 1.